The van der Waals surface area contributed by atoms with Crippen molar-refractivity contribution in [1.29, 1.82) is 0 Å². The highest BCUT2D eigenvalue weighted by molar-refractivity contribution is 7.98. The summed E-state index contributed by atoms with van der Waals surface area (Å²) >= 11 is 1.58. The van der Waals surface area contributed by atoms with Crippen molar-refractivity contribution >= 4 is 35.1 Å². The van der Waals surface area contributed by atoms with E-state index in [4.69, 9.17) is 0 Å². The molecule has 0 radical (unpaired) electrons. The molecule has 2 heterocycles. The Labute approximate surface area is 180 Å². The van der Waals surface area contributed by atoms with Crippen LogP contribution in [0.5, 0.6) is 0 Å². The summed E-state index contributed by atoms with van der Waals surface area (Å²) in [5.41, 5.74) is -1.56. The van der Waals surface area contributed by atoms with Crippen LogP contribution in [-0.4, -0.2) is 77.6 Å². The number of thioether (sulfide) groups is 1. The molecule has 31 heavy (non-hydrogen) atoms. The van der Waals surface area contributed by atoms with Gasteiger partial charge in [-0.3, -0.25) is 19.8 Å². The van der Waals surface area contributed by atoms with Crippen molar-refractivity contribution in [3.8, 4) is 0 Å². The highest BCUT2D eigenvalue weighted by Gasteiger charge is 2.39. The Morgan fingerprint density at radius 3 is 2.48 bits per heavy atom. The topological polar surface area (TPSA) is 99.0 Å². The highest BCUT2D eigenvalue weighted by atomic mass is 32.2. The van der Waals surface area contributed by atoms with E-state index in [2.05, 4.69) is 5.32 Å². The highest BCUT2D eigenvalue weighted by Crippen LogP contribution is 2.36. The van der Waals surface area contributed by atoms with Crippen LogP contribution in [-0.2, 0) is 11.0 Å². The Morgan fingerprint density at radius 1 is 1.23 bits per heavy atom. The van der Waals surface area contributed by atoms with E-state index in [0.717, 1.165) is 22.8 Å². The van der Waals surface area contributed by atoms with E-state index in [1.54, 1.807) is 16.7 Å². The van der Waals surface area contributed by atoms with Gasteiger partial charge in [0.05, 0.1) is 17.2 Å². The summed E-state index contributed by atoms with van der Waals surface area (Å²) in [5.74, 6) is 0.467. The Balaban J connectivity index is 1.63. The van der Waals surface area contributed by atoms with Gasteiger partial charge >= 0.3 is 12.2 Å². The van der Waals surface area contributed by atoms with Crippen molar-refractivity contribution in [2.45, 2.75) is 18.6 Å². The van der Waals surface area contributed by atoms with Crippen LogP contribution < -0.4 is 10.2 Å². The van der Waals surface area contributed by atoms with Crippen LogP contribution in [0.1, 0.15) is 12.0 Å². The number of benzene rings is 1. The van der Waals surface area contributed by atoms with Gasteiger partial charge in [0.25, 0.3) is 11.6 Å². The van der Waals surface area contributed by atoms with E-state index in [9.17, 15) is 32.9 Å². The van der Waals surface area contributed by atoms with Gasteiger partial charge in [-0.2, -0.15) is 24.9 Å². The molecule has 0 saturated carbocycles. The molecular weight excluding hydrogens is 439 g/mol. The summed E-state index contributed by atoms with van der Waals surface area (Å²) in [5, 5.41) is 14.0. The van der Waals surface area contributed by atoms with E-state index in [0.29, 0.717) is 38.7 Å². The molecule has 13 heteroatoms. The average molecular weight is 461 g/mol. The molecule has 170 valence electrons. The maximum Gasteiger partial charge on any atom is 0.416 e. The van der Waals surface area contributed by atoms with Crippen molar-refractivity contribution in [3.63, 3.8) is 0 Å². The van der Waals surface area contributed by atoms with Gasteiger partial charge in [0.2, 0.25) is 0 Å². The Hall–Kier alpha value is -2.54. The van der Waals surface area contributed by atoms with Crippen LogP contribution in [0.2, 0.25) is 0 Å². The second kappa shape index (κ2) is 9.30. The van der Waals surface area contributed by atoms with Gasteiger partial charge < -0.3 is 10.2 Å². The van der Waals surface area contributed by atoms with Crippen molar-refractivity contribution < 1.29 is 27.7 Å². The molecule has 1 atom stereocenters. The molecule has 1 N–H and O–H groups in total. The van der Waals surface area contributed by atoms with Gasteiger partial charge in [-0.1, -0.05) is 0 Å². The van der Waals surface area contributed by atoms with Crippen LogP contribution in [0.3, 0.4) is 0 Å². The monoisotopic (exact) mass is 461 g/mol. The molecule has 2 fully saturated rings. The van der Waals surface area contributed by atoms with Gasteiger partial charge in [-0.25, -0.2) is 9.69 Å². The van der Waals surface area contributed by atoms with E-state index in [1.165, 1.54) is 0 Å². The Kier molecular flexibility index (Phi) is 6.94. The number of anilines is 1. The maximum absolute atomic E-state index is 12.9. The summed E-state index contributed by atoms with van der Waals surface area (Å²) in [6, 6.07) is 1.51. The number of halogens is 3. The molecule has 3 rings (SSSR count). The fraction of sp³-hybridized carbons (Fsp3) is 0.556. The molecule has 0 spiro atoms. The zero-order valence-electron chi connectivity index (χ0n) is 16.7. The number of carbonyl (C=O) groups excluding carboxylic acids is 2. The van der Waals surface area contributed by atoms with Crippen molar-refractivity contribution in [2.24, 2.45) is 0 Å². The zero-order valence-corrected chi connectivity index (χ0v) is 17.5. The lowest BCUT2D eigenvalue weighted by Gasteiger charge is -2.36. The quantitative estimate of drug-likeness (QED) is 0.378. The Bertz CT molecular complexity index is 861. The van der Waals surface area contributed by atoms with E-state index in [1.807, 2.05) is 11.2 Å². The van der Waals surface area contributed by atoms with Crippen LogP contribution in [0, 0.1) is 10.1 Å². The van der Waals surface area contributed by atoms with E-state index in [-0.39, 0.29) is 18.3 Å². The first-order valence-corrected chi connectivity index (χ1v) is 10.9. The van der Waals surface area contributed by atoms with Gasteiger partial charge in [0.15, 0.2) is 0 Å². The molecule has 2 aliphatic heterocycles. The standard InChI is InChI=1S/C18H22F3N5O4S/c1-31-9-4-13-16(27)25(17(28)22-13)11-23-5-7-24(8-6-23)14-3-2-12(18(19,20)21)10-15(14)26(29)30/h2-3,10,13H,4-9,11H2,1H3,(H,22,28)/t13-/m0/s1. The van der Waals surface area contributed by atoms with Crippen molar-refractivity contribution in [1.82, 2.24) is 15.1 Å². The number of rotatable bonds is 7. The lowest BCUT2D eigenvalue weighted by atomic mass is 10.1. The molecular formula is C18H22F3N5O4S. The van der Waals surface area contributed by atoms with Crippen molar-refractivity contribution in [3.05, 3.63) is 33.9 Å². The van der Waals surface area contributed by atoms with Crippen LogP contribution in [0.15, 0.2) is 18.2 Å². The molecule has 1 aromatic carbocycles. The summed E-state index contributed by atoms with van der Waals surface area (Å²) < 4.78 is 38.7. The predicted molar refractivity (Wildman–Crippen MR) is 109 cm³/mol. The summed E-state index contributed by atoms with van der Waals surface area (Å²) in [7, 11) is 0. The van der Waals surface area contributed by atoms with Crippen LogP contribution >= 0.6 is 11.8 Å². The third-order valence-corrected chi connectivity index (χ3v) is 5.92. The number of hydrogen-bond donors (Lipinski definition) is 1. The lowest BCUT2D eigenvalue weighted by Crippen LogP contribution is -2.51. The van der Waals surface area contributed by atoms with Gasteiger partial charge in [0.1, 0.15) is 11.7 Å². The van der Waals surface area contributed by atoms with Crippen LogP contribution in [0.4, 0.5) is 29.3 Å². The predicted octanol–water partition coefficient (Wildman–Crippen LogP) is 2.37. The third-order valence-electron chi connectivity index (χ3n) is 5.27. The van der Waals surface area contributed by atoms with Crippen molar-refractivity contribution in [2.75, 3.05) is 49.8 Å². The number of nitro groups is 1. The van der Waals surface area contributed by atoms with Gasteiger partial charge in [-0.15, -0.1) is 0 Å². The van der Waals surface area contributed by atoms with Gasteiger partial charge in [-0.05, 0) is 30.6 Å². The molecule has 2 saturated heterocycles. The third kappa shape index (κ3) is 5.21. The number of nitro benzene ring substituents is 1. The first kappa shape index (κ1) is 23.1. The molecule has 0 aliphatic carbocycles. The summed E-state index contributed by atoms with van der Waals surface area (Å²) in [6.07, 6.45) is -2.20. The first-order chi connectivity index (χ1) is 14.6. The minimum Gasteiger partial charge on any atom is -0.363 e. The Morgan fingerprint density at radius 2 is 1.90 bits per heavy atom. The number of piperazine rings is 1. The number of nitrogens with zero attached hydrogens (tertiary/aromatic N) is 4. The average Bonchev–Trinajstić information content (AvgIpc) is 2.99. The normalized spacial score (nSPS) is 20.3. The summed E-state index contributed by atoms with van der Waals surface area (Å²) in [4.78, 5) is 39.7. The number of nitrogens with one attached hydrogen (secondary N) is 1. The molecule has 9 nitrogen and oxygen atoms in total. The molecule has 3 amide bonds. The SMILES string of the molecule is CSCC[C@@H]1NC(=O)N(CN2CCN(c3ccc(C(F)(F)F)cc3[N+](=O)[O-])CC2)C1=O. The number of carbonyl (C=O) groups is 2. The minimum absolute atomic E-state index is 0.101. The number of alkyl halides is 3. The van der Waals surface area contributed by atoms with E-state index < -0.39 is 34.4 Å². The smallest absolute Gasteiger partial charge is 0.363 e. The lowest BCUT2D eigenvalue weighted by molar-refractivity contribution is -0.384. The number of amides is 3. The van der Waals surface area contributed by atoms with Crippen LogP contribution in [0.25, 0.3) is 0 Å². The largest absolute Gasteiger partial charge is 0.416 e. The number of hydrogen-bond acceptors (Lipinski definition) is 7. The molecule has 2 aliphatic rings. The van der Waals surface area contributed by atoms with E-state index >= 15 is 0 Å². The minimum atomic E-state index is -4.67. The second-order valence-electron chi connectivity index (χ2n) is 7.25. The first-order valence-electron chi connectivity index (χ1n) is 9.55. The fourth-order valence-corrected chi connectivity index (χ4v) is 4.06. The molecule has 0 aromatic heterocycles. The molecule has 1 aromatic rings. The number of urea groups is 1. The molecule has 0 bridgehead atoms. The number of imide groups is 1. The fourth-order valence-electron chi connectivity index (χ4n) is 3.59. The summed E-state index contributed by atoms with van der Waals surface area (Å²) in [6.45, 7) is 1.51. The second-order valence-corrected chi connectivity index (χ2v) is 8.24. The van der Waals surface area contributed by atoms with Gasteiger partial charge in [0, 0.05) is 32.2 Å². The maximum atomic E-state index is 12.9. The zero-order chi connectivity index (χ0) is 22.8. The molecule has 0 unspecified atom stereocenters.